The van der Waals surface area contributed by atoms with Gasteiger partial charge in [-0.3, -0.25) is 0 Å². The molecule has 1 aromatic carbocycles. The summed E-state index contributed by atoms with van der Waals surface area (Å²) < 4.78 is 18.0. The molecule has 0 amide bonds. The molecule has 1 N–H and O–H groups in total. The Balaban J connectivity index is 2.18. The maximum atomic E-state index is 5.34. The fraction of sp³-hybridized carbons (Fsp3) is 0.312. The van der Waals surface area contributed by atoms with Crippen molar-refractivity contribution in [1.82, 2.24) is 0 Å². The highest BCUT2D eigenvalue weighted by atomic mass is 16.5. The summed E-state index contributed by atoms with van der Waals surface area (Å²) in [6.45, 7) is 0.722. The van der Waals surface area contributed by atoms with E-state index >= 15 is 0 Å². The number of ether oxygens (including phenoxy) is 3. The summed E-state index contributed by atoms with van der Waals surface area (Å²) in [6.07, 6.45) is 4.04. The molecule has 0 bridgehead atoms. The average molecular weight is 289 g/mol. The van der Waals surface area contributed by atoms with Crippen LogP contribution in [0.1, 0.15) is 5.56 Å². The topological polar surface area (TPSA) is 43.6 Å². The van der Waals surface area contributed by atoms with Crippen molar-refractivity contribution < 1.29 is 18.8 Å². The van der Waals surface area contributed by atoms with Crippen LogP contribution in [0.25, 0.3) is 0 Å². The molecule has 0 aliphatic heterocycles. The van der Waals surface area contributed by atoms with Gasteiger partial charge in [-0.25, -0.2) is 4.57 Å². The SMILES string of the molecule is COc1cc(NCc2cc[n+](C)cc2)cc(OC)c1OC. The van der Waals surface area contributed by atoms with E-state index in [2.05, 4.69) is 17.4 Å². The monoisotopic (exact) mass is 289 g/mol. The molecule has 0 fully saturated rings. The normalized spacial score (nSPS) is 10.1. The molecule has 2 rings (SSSR count). The first-order valence-electron chi connectivity index (χ1n) is 6.66. The van der Waals surface area contributed by atoms with Crippen LogP contribution in [0.5, 0.6) is 17.2 Å². The Bertz CT molecular complexity index is 572. The molecule has 2 aromatic rings. The molecule has 0 aliphatic carbocycles. The molecular weight excluding hydrogens is 268 g/mol. The van der Waals surface area contributed by atoms with Gasteiger partial charge < -0.3 is 19.5 Å². The van der Waals surface area contributed by atoms with Gasteiger partial charge in [-0.1, -0.05) is 0 Å². The number of methoxy groups -OCH3 is 3. The third-order valence-corrected chi connectivity index (χ3v) is 3.21. The van der Waals surface area contributed by atoms with Crippen LogP contribution in [0.4, 0.5) is 5.69 Å². The molecule has 1 aromatic heterocycles. The minimum atomic E-state index is 0.595. The first-order chi connectivity index (χ1) is 10.2. The van der Waals surface area contributed by atoms with Crippen LogP contribution in [-0.4, -0.2) is 21.3 Å². The number of rotatable bonds is 6. The number of benzene rings is 1. The van der Waals surface area contributed by atoms with E-state index in [9.17, 15) is 0 Å². The number of anilines is 1. The smallest absolute Gasteiger partial charge is 0.203 e. The second-order valence-electron chi connectivity index (χ2n) is 4.64. The summed E-state index contributed by atoms with van der Waals surface area (Å²) >= 11 is 0. The van der Waals surface area contributed by atoms with E-state index in [0.29, 0.717) is 17.2 Å². The first kappa shape index (κ1) is 15.0. The van der Waals surface area contributed by atoms with E-state index in [1.54, 1.807) is 21.3 Å². The Hall–Kier alpha value is -2.43. The summed E-state index contributed by atoms with van der Waals surface area (Å²) in [4.78, 5) is 0. The van der Waals surface area contributed by atoms with E-state index in [1.807, 2.05) is 36.1 Å². The molecular formula is C16H21N2O3+. The van der Waals surface area contributed by atoms with E-state index in [1.165, 1.54) is 5.56 Å². The van der Waals surface area contributed by atoms with Gasteiger partial charge in [0.05, 0.1) is 21.3 Å². The molecule has 112 valence electrons. The maximum absolute atomic E-state index is 5.34. The number of aromatic nitrogens is 1. The van der Waals surface area contributed by atoms with Crippen LogP contribution in [0.2, 0.25) is 0 Å². The highest BCUT2D eigenvalue weighted by Gasteiger charge is 2.13. The summed E-state index contributed by atoms with van der Waals surface area (Å²) in [5.41, 5.74) is 2.11. The van der Waals surface area contributed by atoms with Crippen LogP contribution in [0.15, 0.2) is 36.7 Å². The Kier molecular flexibility index (Phi) is 4.87. The highest BCUT2D eigenvalue weighted by molar-refractivity contribution is 5.62. The minimum absolute atomic E-state index is 0.595. The van der Waals surface area contributed by atoms with Crippen LogP contribution in [0.3, 0.4) is 0 Å². The third kappa shape index (κ3) is 3.56. The Labute approximate surface area is 125 Å². The van der Waals surface area contributed by atoms with Crippen molar-refractivity contribution in [1.29, 1.82) is 0 Å². The van der Waals surface area contributed by atoms with Crippen molar-refractivity contribution in [2.24, 2.45) is 7.05 Å². The van der Waals surface area contributed by atoms with Gasteiger partial charge >= 0.3 is 0 Å². The average Bonchev–Trinajstić information content (AvgIpc) is 2.53. The lowest BCUT2D eigenvalue weighted by atomic mass is 10.2. The zero-order valence-electron chi connectivity index (χ0n) is 12.8. The molecule has 5 heteroatoms. The number of hydrogen-bond acceptors (Lipinski definition) is 4. The van der Waals surface area contributed by atoms with Gasteiger partial charge in [0.15, 0.2) is 23.9 Å². The fourth-order valence-electron chi connectivity index (χ4n) is 2.04. The van der Waals surface area contributed by atoms with Crippen molar-refractivity contribution in [2.45, 2.75) is 6.54 Å². The van der Waals surface area contributed by atoms with Gasteiger partial charge in [0.1, 0.15) is 7.05 Å². The largest absolute Gasteiger partial charge is 0.493 e. The fourth-order valence-corrected chi connectivity index (χ4v) is 2.04. The van der Waals surface area contributed by atoms with Crippen molar-refractivity contribution in [3.63, 3.8) is 0 Å². The number of nitrogens with zero attached hydrogens (tertiary/aromatic N) is 1. The molecule has 0 radical (unpaired) electrons. The Morgan fingerprint density at radius 3 is 2.00 bits per heavy atom. The Morgan fingerprint density at radius 1 is 0.952 bits per heavy atom. The van der Waals surface area contributed by atoms with E-state index < -0.39 is 0 Å². The van der Waals surface area contributed by atoms with Crippen molar-refractivity contribution in [3.8, 4) is 17.2 Å². The number of hydrogen-bond donors (Lipinski definition) is 1. The number of nitrogens with one attached hydrogen (secondary N) is 1. The molecule has 0 atom stereocenters. The van der Waals surface area contributed by atoms with Gasteiger partial charge in [0, 0.05) is 36.5 Å². The molecule has 0 saturated carbocycles. The molecule has 0 saturated heterocycles. The van der Waals surface area contributed by atoms with Gasteiger partial charge in [0.25, 0.3) is 0 Å². The highest BCUT2D eigenvalue weighted by Crippen LogP contribution is 2.39. The second-order valence-corrected chi connectivity index (χ2v) is 4.64. The summed E-state index contributed by atoms with van der Waals surface area (Å²) in [5, 5.41) is 3.36. The zero-order valence-corrected chi connectivity index (χ0v) is 12.8. The number of aryl methyl sites for hydroxylation is 1. The van der Waals surface area contributed by atoms with Gasteiger partial charge in [-0.15, -0.1) is 0 Å². The Morgan fingerprint density at radius 2 is 1.52 bits per heavy atom. The predicted octanol–water partition coefficient (Wildman–Crippen LogP) is 2.15. The standard InChI is InChI=1S/C16H21N2O3/c1-18-7-5-12(6-8-18)11-17-13-9-14(19-2)16(21-4)15(10-13)20-3/h5-10,17H,11H2,1-4H3/q+1. The molecule has 0 spiro atoms. The van der Waals surface area contributed by atoms with Crippen molar-refractivity contribution in [3.05, 3.63) is 42.2 Å². The lowest BCUT2D eigenvalue weighted by Gasteiger charge is -2.15. The lowest BCUT2D eigenvalue weighted by Crippen LogP contribution is -2.26. The summed E-state index contributed by atoms with van der Waals surface area (Å²) in [7, 11) is 6.81. The van der Waals surface area contributed by atoms with Crippen LogP contribution in [-0.2, 0) is 13.6 Å². The molecule has 5 nitrogen and oxygen atoms in total. The zero-order chi connectivity index (χ0) is 15.2. The van der Waals surface area contributed by atoms with Crippen LogP contribution in [0, 0.1) is 0 Å². The molecule has 1 heterocycles. The molecule has 21 heavy (non-hydrogen) atoms. The van der Waals surface area contributed by atoms with Crippen LogP contribution >= 0.6 is 0 Å². The van der Waals surface area contributed by atoms with Crippen molar-refractivity contribution >= 4 is 5.69 Å². The molecule has 0 unspecified atom stereocenters. The summed E-state index contributed by atoms with van der Waals surface area (Å²) in [5.74, 6) is 1.87. The molecule has 0 aliphatic rings. The number of pyridine rings is 1. The quantitative estimate of drug-likeness (QED) is 0.828. The van der Waals surface area contributed by atoms with Gasteiger partial charge in [-0.2, -0.15) is 0 Å². The second kappa shape index (κ2) is 6.83. The van der Waals surface area contributed by atoms with Crippen LogP contribution < -0.4 is 24.1 Å². The predicted molar refractivity (Wildman–Crippen MR) is 81.0 cm³/mol. The van der Waals surface area contributed by atoms with E-state index in [-0.39, 0.29) is 0 Å². The van der Waals surface area contributed by atoms with E-state index in [0.717, 1.165) is 12.2 Å². The van der Waals surface area contributed by atoms with Gasteiger partial charge in [-0.05, 0) is 5.56 Å². The summed E-state index contributed by atoms with van der Waals surface area (Å²) in [6, 6.07) is 7.94. The lowest BCUT2D eigenvalue weighted by molar-refractivity contribution is -0.671. The third-order valence-electron chi connectivity index (χ3n) is 3.21. The van der Waals surface area contributed by atoms with Gasteiger partial charge in [0.2, 0.25) is 5.75 Å². The van der Waals surface area contributed by atoms with Crippen molar-refractivity contribution in [2.75, 3.05) is 26.6 Å². The minimum Gasteiger partial charge on any atom is -0.493 e. The maximum Gasteiger partial charge on any atom is 0.203 e. The first-order valence-corrected chi connectivity index (χ1v) is 6.66. The van der Waals surface area contributed by atoms with E-state index in [4.69, 9.17) is 14.2 Å².